The van der Waals surface area contributed by atoms with E-state index in [9.17, 15) is 19.5 Å². The maximum absolute atomic E-state index is 13.1. The molecule has 36 heavy (non-hydrogen) atoms. The lowest BCUT2D eigenvalue weighted by Crippen LogP contribution is -2.54. The molecule has 0 radical (unpaired) electrons. The third-order valence-electron chi connectivity index (χ3n) is 5.12. The van der Waals surface area contributed by atoms with Crippen molar-refractivity contribution < 1.29 is 29.0 Å². The number of barbiturate groups is 1. The van der Waals surface area contributed by atoms with Crippen LogP contribution in [0.2, 0.25) is 5.02 Å². The van der Waals surface area contributed by atoms with Crippen LogP contribution in [0.25, 0.3) is 6.08 Å². The van der Waals surface area contributed by atoms with Crippen LogP contribution in [0.3, 0.4) is 0 Å². The van der Waals surface area contributed by atoms with Crippen molar-refractivity contribution in [2.45, 2.75) is 13.5 Å². The lowest BCUT2D eigenvalue weighted by molar-refractivity contribution is -0.122. The smallest absolute Gasteiger partial charge is 0.335 e. The first kappa shape index (κ1) is 25.3. The van der Waals surface area contributed by atoms with Gasteiger partial charge in [0.15, 0.2) is 11.5 Å². The fourth-order valence-corrected chi connectivity index (χ4v) is 4.30. The van der Waals surface area contributed by atoms with Gasteiger partial charge >= 0.3 is 6.03 Å². The van der Waals surface area contributed by atoms with Gasteiger partial charge in [-0.3, -0.25) is 14.9 Å². The molecule has 184 valence electrons. The van der Waals surface area contributed by atoms with Gasteiger partial charge in [0.1, 0.15) is 17.9 Å². The number of hydrogen-bond donors (Lipinski definition) is 2. The highest BCUT2D eigenvalue weighted by atomic mass is 79.9. The molecule has 1 heterocycles. The van der Waals surface area contributed by atoms with Gasteiger partial charge in [0.2, 0.25) is 0 Å². The minimum atomic E-state index is -0.881. The molecule has 8 nitrogen and oxygen atoms in total. The number of amides is 4. The van der Waals surface area contributed by atoms with E-state index in [0.717, 1.165) is 10.5 Å². The fraction of sp³-hybridized carbons (Fsp3) is 0.115. The Morgan fingerprint density at radius 1 is 1.06 bits per heavy atom. The average molecular weight is 572 g/mol. The standard InChI is InChI=1S/C26H20BrClN2O6/c1-2-35-22-13-16(12-21(27)23(22)36-14-15-4-3-5-17(28)10-15)11-20-24(32)29-26(34)30(25(20)33)18-6-8-19(31)9-7-18/h3-13,31H,2,14H2,1H3,(H,29,32,34)/b20-11+. The third-order valence-corrected chi connectivity index (χ3v) is 5.95. The molecule has 0 unspecified atom stereocenters. The van der Waals surface area contributed by atoms with Crippen molar-refractivity contribution in [3.63, 3.8) is 0 Å². The fourth-order valence-electron chi connectivity index (χ4n) is 3.52. The summed E-state index contributed by atoms with van der Waals surface area (Å²) in [6.07, 6.45) is 1.37. The quantitative estimate of drug-likeness (QED) is 0.289. The molecule has 1 saturated heterocycles. The molecule has 4 rings (SSSR count). The first-order valence-electron chi connectivity index (χ1n) is 10.8. The van der Waals surface area contributed by atoms with E-state index in [2.05, 4.69) is 21.2 Å². The zero-order chi connectivity index (χ0) is 25.8. The Kier molecular flexibility index (Phi) is 7.61. The summed E-state index contributed by atoms with van der Waals surface area (Å²) in [5.74, 6) is -0.809. The van der Waals surface area contributed by atoms with Crippen LogP contribution in [0.15, 0.2) is 70.7 Å². The van der Waals surface area contributed by atoms with E-state index >= 15 is 0 Å². The zero-order valence-electron chi connectivity index (χ0n) is 19.0. The van der Waals surface area contributed by atoms with Gasteiger partial charge in [0.05, 0.1) is 16.8 Å². The number of anilines is 1. The number of hydrogen-bond acceptors (Lipinski definition) is 6. The van der Waals surface area contributed by atoms with Crippen LogP contribution < -0.4 is 19.7 Å². The Bertz CT molecular complexity index is 1370. The van der Waals surface area contributed by atoms with Gasteiger partial charge in [-0.2, -0.15) is 0 Å². The molecule has 0 spiro atoms. The van der Waals surface area contributed by atoms with Crippen molar-refractivity contribution >= 4 is 57.1 Å². The van der Waals surface area contributed by atoms with E-state index in [0.29, 0.717) is 33.2 Å². The molecule has 1 aliphatic heterocycles. The number of urea groups is 1. The summed E-state index contributed by atoms with van der Waals surface area (Å²) in [7, 11) is 0. The summed E-state index contributed by atoms with van der Waals surface area (Å²) in [5, 5.41) is 12.3. The number of nitrogens with zero attached hydrogens (tertiary/aromatic N) is 1. The number of carbonyl (C=O) groups excluding carboxylic acids is 3. The number of aromatic hydroxyl groups is 1. The second kappa shape index (κ2) is 10.8. The van der Waals surface area contributed by atoms with Crippen molar-refractivity contribution in [3.8, 4) is 17.2 Å². The van der Waals surface area contributed by atoms with Gasteiger partial charge in [-0.25, -0.2) is 9.69 Å². The molecule has 10 heteroatoms. The SMILES string of the molecule is CCOc1cc(/C=C2\C(=O)NC(=O)N(c3ccc(O)cc3)C2=O)cc(Br)c1OCc1cccc(Cl)c1. The van der Waals surface area contributed by atoms with Gasteiger partial charge in [-0.1, -0.05) is 23.7 Å². The second-order valence-corrected chi connectivity index (χ2v) is 8.95. The maximum Gasteiger partial charge on any atom is 0.335 e. The van der Waals surface area contributed by atoms with Crippen LogP contribution in [0.5, 0.6) is 17.2 Å². The number of carbonyl (C=O) groups is 3. The Labute approximate surface area is 220 Å². The lowest BCUT2D eigenvalue weighted by Gasteiger charge is -2.26. The summed E-state index contributed by atoms with van der Waals surface area (Å²) in [6, 6.07) is 15.2. The van der Waals surface area contributed by atoms with Gasteiger partial charge in [-0.15, -0.1) is 0 Å². The molecule has 0 saturated carbocycles. The summed E-state index contributed by atoms with van der Waals surface area (Å²) in [6.45, 7) is 2.41. The van der Waals surface area contributed by atoms with Crippen molar-refractivity contribution in [2.75, 3.05) is 11.5 Å². The Morgan fingerprint density at radius 3 is 2.50 bits per heavy atom. The molecule has 0 atom stereocenters. The number of phenols is 1. The number of ether oxygens (including phenoxy) is 2. The topological polar surface area (TPSA) is 105 Å². The van der Waals surface area contributed by atoms with Gasteiger partial charge < -0.3 is 14.6 Å². The highest BCUT2D eigenvalue weighted by molar-refractivity contribution is 9.10. The Balaban J connectivity index is 1.65. The normalized spacial score (nSPS) is 14.7. The number of halogens is 2. The molecule has 1 aliphatic rings. The Morgan fingerprint density at radius 2 is 1.81 bits per heavy atom. The van der Waals surface area contributed by atoms with E-state index in [1.165, 1.54) is 30.3 Å². The number of rotatable bonds is 7. The van der Waals surface area contributed by atoms with Crippen molar-refractivity contribution in [3.05, 3.63) is 86.9 Å². The van der Waals surface area contributed by atoms with Crippen LogP contribution in [0.1, 0.15) is 18.1 Å². The predicted molar refractivity (Wildman–Crippen MR) is 138 cm³/mol. The van der Waals surface area contributed by atoms with Crippen molar-refractivity contribution in [1.82, 2.24) is 5.32 Å². The predicted octanol–water partition coefficient (Wildman–Crippen LogP) is 5.45. The highest BCUT2D eigenvalue weighted by Gasteiger charge is 2.36. The van der Waals surface area contributed by atoms with E-state index in [-0.39, 0.29) is 23.6 Å². The molecule has 1 fully saturated rings. The summed E-state index contributed by atoms with van der Waals surface area (Å²) < 4.78 is 12.3. The maximum atomic E-state index is 13.1. The molecular weight excluding hydrogens is 552 g/mol. The molecule has 3 aromatic rings. The van der Waals surface area contributed by atoms with E-state index in [1.807, 2.05) is 19.1 Å². The van der Waals surface area contributed by atoms with Crippen molar-refractivity contribution in [1.29, 1.82) is 0 Å². The number of nitrogens with one attached hydrogen (secondary N) is 1. The van der Waals surface area contributed by atoms with Crippen LogP contribution in [0, 0.1) is 0 Å². The third kappa shape index (κ3) is 5.53. The van der Waals surface area contributed by atoms with E-state index in [4.69, 9.17) is 21.1 Å². The van der Waals surface area contributed by atoms with Gasteiger partial charge in [-0.05, 0) is 88.6 Å². The molecule has 4 amide bonds. The molecule has 3 aromatic carbocycles. The highest BCUT2D eigenvalue weighted by Crippen LogP contribution is 2.38. The number of benzene rings is 3. The van der Waals surface area contributed by atoms with E-state index in [1.54, 1.807) is 24.3 Å². The van der Waals surface area contributed by atoms with Crippen LogP contribution in [-0.4, -0.2) is 29.6 Å². The van der Waals surface area contributed by atoms with E-state index < -0.39 is 17.8 Å². The second-order valence-electron chi connectivity index (χ2n) is 7.66. The zero-order valence-corrected chi connectivity index (χ0v) is 21.3. The van der Waals surface area contributed by atoms with Gasteiger partial charge in [0, 0.05) is 5.02 Å². The Hall–Kier alpha value is -3.82. The van der Waals surface area contributed by atoms with Gasteiger partial charge in [0.25, 0.3) is 11.8 Å². The van der Waals surface area contributed by atoms with Crippen LogP contribution >= 0.6 is 27.5 Å². The minimum absolute atomic E-state index is 0.0265. The molecular formula is C26H20BrClN2O6. The minimum Gasteiger partial charge on any atom is -0.508 e. The van der Waals surface area contributed by atoms with Crippen LogP contribution in [-0.2, 0) is 16.2 Å². The number of phenolic OH excluding ortho intramolecular Hbond substituents is 1. The largest absolute Gasteiger partial charge is 0.508 e. The summed E-state index contributed by atoms with van der Waals surface area (Å²) in [5.41, 5.74) is 1.30. The molecule has 0 bridgehead atoms. The molecule has 2 N–H and O–H groups in total. The summed E-state index contributed by atoms with van der Waals surface area (Å²) >= 11 is 9.53. The molecule has 0 aliphatic carbocycles. The van der Waals surface area contributed by atoms with Crippen LogP contribution in [0.4, 0.5) is 10.5 Å². The monoisotopic (exact) mass is 570 g/mol. The molecule has 0 aromatic heterocycles. The first-order chi connectivity index (χ1) is 17.3. The average Bonchev–Trinajstić information content (AvgIpc) is 2.82. The summed E-state index contributed by atoms with van der Waals surface area (Å²) in [4.78, 5) is 38.9. The number of imide groups is 2. The van der Waals surface area contributed by atoms with Crippen molar-refractivity contribution in [2.24, 2.45) is 0 Å². The lowest BCUT2D eigenvalue weighted by atomic mass is 10.1. The first-order valence-corrected chi connectivity index (χ1v) is 12.0.